The van der Waals surface area contributed by atoms with Crippen molar-refractivity contribution >= 4 is 17.4 Å². The Bertz CT molecular complexity index is 787. The second kappa shape index (κ2) is 7.93. The van der Waals surface area contributed by atoms with E-state index in [2.05, 4.69) is 43.6 Å². The van der Waals surface area contributed by atoms with Crippen LogP contribution in [0.25, 0.3) is 0 Å². The highest BCUT2D eigenvalue weighted by atomic mass is 16.1. The lowest BCUT2D eigenvalue weighted by Gasteiger charge is -2.46. The molecule has 0 spiro atoms. The lowest BCUT2D eigenvalue weighted by atomic mass is 9.80. The Morgan fingerprint density at radius 1 is 1.22 bits per heavy atom. The zero-order valence-corrected chi connectivity index (χ0v) is 16.6. The minimum Gasteiger partial charge on any atom is -0.387 e. The Hall–Kier alpha value is -2.65. The van der Waals surface area contributed by atoms with Crippen LogP contribution in [-0.2, 0) is 4.79 Å². The average Bonchev–Trinajstić information content (AvgIpc) is 2.52. The number of nitrogens with one attached hydrogen (secondary N) is 3. The second-order valence-corrected chi connectivity index (χ2v) is 8.43. The molecular formula is C21H28N4O2. The SMILES string of the molecule is CC(=O)c1cccc(NC(=O)/C(C#N)=C\NC2CC(C)(C)NC(C)(C)C2)c1. The number of hydrogen-bond acceptors (Lipinski definition) is 5. The van der Waals surface area contributed by atoms with E-state index in [4.69, 9.17) is 0 Å². The molecule has 2 rings (SSSR count). The maximum atomic E-state index is 12.4. The quantitative estimate of drug-likeness (QED) is 0.422. The summed E-state index contributed by atoms with van der Waals surface area (Å²) >= 11 is 0. The van der Waals surface area contributed by atoms with Crippen molar-refractivity contribution in [3.8, 4) is 6.07 Å². The van der Waals surface area contributed by atoms with Gasteiger partial charge >= 0.3 is 0 Å². The summed E-state index contributed by atoms with van der Waals surface area (Å²) in [4.78, 5) is 23.9. The number of anilines is 1. The van der Waals surface area contributed by atoms with Crippen molar-refractivity contribution < 1.29 is 9.59 Å². The van der Waals surface area contributed by atoms with E-state index in [0.29, 0.717) is 11.3 Å². The molecule has 6 nitrogen and oxygen atoms in total. The molecule has 1 aliphatic heterocycles. The van der Waals surface area contributed by atoms with Crippen molar-refractivity contribution in [3.05, 3.63) is 41.6 Å². The van der Waals surface area contributed by atoms with Crippen molar-refractivity contribution in [3.63, 3.8) is 0 Å². The fraction of sp³-hybridized carbons (Fsp3) is 0.476. The Labute approximate surface area is 161 Å². The summed E-state index contributed by atoms with van der Waals surface area (Å²) in [6, 6.07) is 8.76. The van der Waals surface area contributed by atoms with Crippen molar-refractivity contribution in [2.45, 2.75) is 64.6 Å². The Kier molecular flexibility index (Phi) is 6.07. The number of nitriles is 1. The van der Waals surface area contributed by atoms with Gasteiger partial charge in [0.1, 0.15) is 11.6 Å². The summed E-state index contributed by atoms with van der Waals surface area (Å²) < 4.78 is 0. The van der Waals surface area contributed by atoms with Crippen LogP contribution in [-0.4, -0.2) is 28.8 Å². The summed E-state index contributed by atoms with van der Waals surface area (Å²) in [5.74, 6) is -0.585. The molecule has 0 aromatic heterocycles. The highest BCUT2D eigenvalue weighted by Crippen LogP contribution is 2.28. The predicted molar refractivity (Wildman–Crippen MR) is 106 cm³/mol. The standard InChI is InChI=1S/C21H28N4O2/c1-14(26)15-7-6-8-17(9-15)24-19(27)16(12-22)13-23-18-10-20(2,3)25-21(4,5)11-18/h6-9,13,18,23,25H,10-11H2,1-5H3,(H,24,27)/b16-13-. The zero-order valence-electron chi connectivity index (χ0n) is 16.6. The molecule has 0 radical (unpaired) electrons. The van der Waals surface area contributed by atoms with Crippen LogP contribution in [0, 0.1) is 11.3 Å². The topological polar surface area (TPSA) is 94.0 Å². The maximum Gasteiger partial charge on any atom is 0.267 e. The third kappa shape index (κ3) is 5.93. The number of nitrogens with zero attached hydrogens (tertiary/aromatic N) is 1. The fourth-order valence-corrected chi connectivity index (χ4v) is 3.80. The van der Waals surface area contributed by atoms with Gasteiger partial charge in [-0.05, 0) is 59.6 Å². The van der Waals surface area contributed by atoms with Gasteiger partial charge in [0.2, 0.25) is 0 Å². The molecule has 0 aliphatic carbocycles. The van der Waals surface area contributed by atoms with Gasteiger partial charge in [-0.1, -0.05) is 12.1 Å². The summed E-state index contributed by atoms with van der Waals surface area (Å²) in [5, 5.41) is 18.9. The zero-order chi connectivity index (χ0) is 20.2. The number of carbonyl (C=O) groups is 2. The molecule has 1 saturated heterocycles. The van der Waals surface area contributed by atoms with E-state index in [-0.39, 0.29) is 28.5 Å². The highest BCUT2D eigenvalue weighted by molar-refractivity contribution is 6.07. The molecular weight excluding hydrogens is 340 g/mol. The van der Waals surface area contributed by atoms with E-state index < -0.39 is 5.91 Å². The number of amides is 1. The molecule has 1 amide bonds. The lowest BCUT2D eigenvalue weighted by molar-refractivity contribution is -0.112. The van der Waals surface area contributed by atoms with Crippen molar-refractivity contribution in [2.24, 2.45) is 0 Å². The minimum atomic E-state index is -0.502. The van der Waals surface area contributed by atoms with E-state index in [9.17, 15) is 14.9 Å². The van der Waals surface area contributed by atoms with Gasteiger partial charge in [0, 0.05) is 34.6 Å². The lowest BCUT2D eigenvalue weighted by Crippen LogP contribution is -2.61. The first-order valence-electron chi connectivity index (χ1n) is 9.09. The second-order valence-electron chi connectivity index (χ2n) is 8.43. The van der Waals surface area contributed by atoms with Crippen molar-refractivity contribution in [1.82, 2.24) is 10.6 Å². The van der Waals surface area contributed by atoms with E-state index in [0.717, 1.165) is 12.8 Å². The van der Waals surface area contributed by atoms with Gasteiger partial charge in [0.05, 0.1) is 0 Å². The first kappa shape index (κ1) is 20.7. The van der Waals surface area contributed by atoms with E-state index >= 15 is 0 Å². The third-order valence-corrected chi connectivity index (χ3v) is 4.55. The summed E-state index contributed by atoms with van der Waals surface area (Å²) in [7, 11) is 0. The largest absolute Gasteiger partial charge is 0.387 e. The minimum absolute atomic E-state index is 0.00243. The van der Waals surface area contributed by atoms with Crippen molar-refractivity contribution in [1.29, 1.82) is 5.26 Å². The van der Waals surface area contributed by atoms with Crippen LogP contribution in [0.15, 0.2) is 36.0 Å². The highest BCUT2D eigenvalue weighted by Gasteiger charge is 2.37. The predicted octanol–water partition coefficient (Wildman–Crippen LogP) is 3.13. The number of Topliss-reactive ketones (excluding diaryl/α,β-unsaturated/α-hetero) is 1. The Morgan fingerprint density at radius 2 is 1.85 bits per heavy atom. The average molecular weight is 368 g/mol. The summed E-state index contributed by atoms with van der Waals surface area (Å²) in [6.45, 7) is 10.0. The van der Waals surface area contributed by atoms with Gasteiger partial charge in [0.25, 0.3) is 5.91 Å². The Morgan fingerprint density at radius 3 is 2.41 bits per heavy atom. The smallest absolute Gasteiger partial charge is 0.267 e. The number of carbonyl (C=O) groups excluding carboxylic acids is 2. The summed E-state index contributed by atoms with van der Waals surface area (Å²) in [6.07, 6.45) is 3.26. The van der Waals surface area contributed by atoms with Crippen LogP contribution in [0.4, 0.5) is 5.69 Å². The fourth-order valence-electron chi connectivity index (χ4n) is 3.80. The van der Waals surface area contributed by atoms with Gasteiger partial charge in [-0.25, -0.2) is 0 Å². The first-order valence-corrected chi connectivity index (χ1v) is 9.09. The van der Waals surface area contributed by atoms with Crippen LogP contribution >= 0.6 is 0 Å². The molecule has 3 N–H and O–H groups in total. The molecule has 0 saturated carbocycles. The van der Waals surface area contributed by atoms with Crippen LogP contribution in [0.5, 0.6) is 0 Å². The number of benzene rings is 1. The van der Waals surface area contributed by atoms with E-state index in [1.807, 2.05) is 6.07 Å². The third-order valence-electron chi connectivity index (χ3n) is 4.55. The normalized spacial score (nSPS) is 19.0. The molecule has 0 unspecified atom stereocenters. The molecule has 1 fully saturated rings. The molecule has 27 heavy (non-hydrogen) atoms. The molecule has 144 valence electrons. The van der Waals surface area contributed by atoms with Crippen LogP contribution in [0.2, 0.25) is 0 Å². The van der Waals surface area contributed by atoms with Crippen LogP contribution < -0.4 is 16.0 Å². The van der Waals surface area contributed by atoms with Crippen LogP contribution in [0.1, 0.15) is 57.8 Å². The van der Waals surface area contributed by atoms with Crippen LogP contribution in [0.3, 0.4) is 0 Å². The molecule has 0 atom stereocenters. The number of ketones is 1. The van der Waals surface area contributed by atoms with Gasteiger partial charge < -0.3 is 16.0 Å². The van der Waals surface area contributed by atoms with Gasteiger partial charge in [-0.2, -0.15) is 5.26 Å². The summed E-state index contributed by atoms with van der Waals surface area (Å²) in [5.41, 5.74) is 0.924. The first-order chi connectivity index (χ1) is 12.5. The molecule has 1 aromatic rings. The van der Waals surface area contributed by atoms with Crippen molar-refractivity contribution in [2.75, 3.05) is 5.32 Å². The van der Waals surface area contributed by atoms with Gasteiger partial charge in [-0.15, -0.1) is 0 Å². The van der Waals surface area contributed by atoms with E-state index in [1.54, 1.807) is 24.3 Å². The molecule has 1 aromatic carbocycles. The maximum absolute atomic E-state index is 12.4. The van der Waals surface area contributed by atoms with E-state index in [1.165, 1.54) is 13.1 Å². The monoisotopic (exact) mass is 368 g/mol. The molecule has 6 heteroatoms. The van der Waals surface area contributed by atoms with Gasteiger partial charge in [-0.3, -0.25) is 9.59 Å². The number of piperidine rings is 1. The molecule has 1 heterocycles. The Balaban J connectivity index is 2.07. The molecule has 0 bridgehead atoms. The van der Waals surface area contributed by atoms with Gasteiger partial charge in [0.15, 0.2) is 5.78 Å². The molecule has 1 aliphatic rings. The number of rotatable bonds is 5. The number of hydrogen-bond donors (Lipinski definition) is 3.